The fraction of sp³-hybridized carbons (Fsp3) is 0.214. The highest BCUT2D eigenvalue weighted by Crippen LogP contribution is 2.33. The van der Waals surface area contributed by atoms with Gasteiger partial charge in [0.25, 0.3) is 6.43 Å². The molecule has 0 atom stereocenters. The molecule has 5 aromatic rings. The van der Waals surface area contributed by atoms with Crippen molar-refractivity contribution in [1.82, 2.24) is 24.7 Å². The Hall–Kier alpha value is -4.49. The molecule has 0 aliphatic carbocycles. The lowest BCUT2D eigenvalue weighted by atomic mass is 10.1. The van der Waals surface area contributed by atoms with E-state index in [1.165, 1.54) is 17.1 Å². The molecule has 5 rings (SSSR count). The Balaban J connectivity index is 1.52. The molecule has 2 aromatic carbocycles. The first-order valence-corrected chi connectivity index (χ1v) is 13.0. The lowest BCUT2D eigenvalue weighted by Gasteiger charge is -2.13. The minimum Gasteiger partial charge on any atom is -0.488 e. The highest BCUT2D eigenvalue weighted by atomic mass is 35.5. The molecule has 0 saturated heterocycles. The molecule has 0 unspecified atom stereocenters. The summed E-state index contributed by atoms with van der Waals surface area (Å²) < 4.78 is 66.6. The largest absolute Gasteiger partial charge is 0.488 e. The number of aliphatic hydroxyl groups is 1. The van der Waals surface area contributed by atoms with E-state index in [0.29, 0.717) is 39.5 Å². The Morgan fingerprint density at radius 3 is 2.57 bits per heavy atom. The van der Waals surface area contributed by atoms with Crippen molar-refractivity contribution >= 4 is 34.0 Å². The number of rotatable bonds is 12. The second kappa shape index (κ2) is 13.0. The third-order valence-corrected chi connectivity index (χ3v) is 6.31. The summed E-state index contributed by atoms with van der Waals surface area (Å²) in [5, 5.41) is 17.8. The fourth-order valence-electron chi connectivity index (χ4n) is 4.07. The van der Waals surface area contributed by atoms with Gasteiger partial charge in [0.15, 0.2) is 17.4 Å². The zero-order valence-electron chi connectivity index (χ0n) is 21.8. The van der Waals surface area contributed by atoms with Gasteiger partial charge >= 0.3 is 0 Å². The van der Waals surface area contributed by atoms with Crippen molar-refractivity contribution in [1.29, 1.82) is 0 Å². The molecule has 42 heavy (non-hydrogen) atoms. The van der Waals surface area contributed by atoms with E-state index < -0.39 is 24.7 Å². The molecule has 0 spiro atoms. The van der Waals surface area contributed by atoms with E-state index in [2.05, 4.69) is 25.4 Å². The third kappa shape index (κ3) is 6.52. The Morgan fingerprint density at radius 2 is 1.83 bits per heavy atom. The van der Waals surface area contributed by atoms with Crippen molar-refractivity contribution in [2.45, 2.75) is 19.4 Å². The number of halogens is 5. The average Bonchev–Trinajstić information content (AvgIpc) is 3.34. The summed E-state index contributed by atoms with van der Waals surface area (Å²) in [7, 11) is 0. The Labute approximate surface area is 241 Å². The quantitative estimate of drug-likeness (QED) is 0.132. The molecule has 0 fully saturated rings. The van der Waals surface area contributed by atoms with E-state index >= 15 is 0 Å². The van der Waals surface area contributed by atoms with Gasteiger partial charge in [-0.2, -0.15) is 5.10 Å². The van der Waals surface area contributed by atoms with Crippen LogP contribution in [-0.2, 0) is 6.54 Å². The normalized spacial score (nSPS) is 11.3. The van der Waals surface area contributed by atoms with Gasteiger partial charge in [-0.1, -0.05) is 29.8 Å². The van der Waals surface area contributed by atoms with Crippen LogP contribution in [0, 0.1) is 11.6 Å². The van der Waals surface area contributed by atoms with Crippen LogP contribution in [0.4, 0.5) is 29.1 Å². The Morgan fingerprint density at radius 1 is 1.05 bits per heavy atom. The van der Waals surface area contributed by atoms with Gasteiger partial charge in [-0.05, 0) is 12.1 Å². The van der Waals surface area contributed by atoms with E-state index in [-0.39, 0.29) is 42.7 Å². The zero-order chi connectivity index (χ0) is 29.6. The van der Waals surface area contributed by atoms with Gasteiger partial charge in [0, 0.05) is 48.5 Å². The van der Waals surface area contributed by atoms with Crippen LogP contribution in [-0.4, -0.2) is 56.1 Å². The van der Waals surface area contributed by atoms with Crippen molar-refractivity contribution in [3.8, 4) is 23.0 Å². The number of hydrogen-bond donors (Lipinski definition) is 2. The molecular weight excluding hydrogens is 580 g/mol. The van der Waals surface area contributed by atoms with Crippen LogP contribution in [0.3, 0.4) is 0 Å². The summed E-state index contributed by atoms with van der Waals surface area (Å²) in [6.45, 7) is -1.15. The molecule has 218 valence electrons. The van der Waals surface area contributed by atoms with Crippen molar-refractivity contribution < 1.29 is 32.1 Å². The van der Waals surface area contributed by atoms with Crippen LogP contribution in [0.2, 0.25) is 5.02 Å². The first-order chi connectivity index (χ1) is 20.3. The first-order valence-electron chi connectivity index (χ1n) is 12.7. The highest BCUT2D eigenvalue weighted by Gasteiger charge is 2.20. The van der Waals surface area contributed by atoms with E-state index in [0.717, 1.165) is 12.1 Å². The van der Waals surface area contributed by atoms with Gasteiger partial charge in [0.1, 0.15) is 29.7 Å². The predicted octanol–water partition coefficient (Wildman–Crippen LogP) is 6.02. The van der Waals surface area contributed by atoms with Gasteiger partial charge < -0.3 is 19.9 Å². The predicted molar refractivity (Wildman–Crippen MR) is 147 cm³/mol. The van der Waals surface area contributed by atoms with Crippen LogP contribution in [0.5, 0.6) is 11.5 Å². The summed E-state index contributed by atoms with van der Waals surface area (Å²) in [6, 6.07) is 10.4. The van der Waals surface area contributed by atoms with Crippen LogP contribution in [0.1, 0.15) is 12.0 Å². The monoisotopic (exact) mass is 602 g/mol. The third-order valence-electron chi connectivity index (χ3n) is 6.01. The highest BCUT2D eigenvalue weighted by molar-refractivity contribution is 6.33. The lowest BCUT2D eigenvalue weighted by molar-refractivity contribution is 0.0815. The maximum Gasteiger partial charge on any atom is 0.272 e. The smallest absolute Gasteiger partial charge is 0.272 e. The van der Waals surface area contributed by atoms with Gasteiger partial charge in [-0.3, -0.25) is 9.67 Å². The summed E-state index contributed by atoms with van der Waals surface area (Å²) in [5.41, 5.74) is 1.05. The number of fused-ring (bicyclic) bond motifs is 1. The van der Waals surface area contributed by atoms with Crippen molar-refractivity contribution in [3.63, 3.8) is 0 Å². The van der Waals surface area contributed by atoms with E-state index in [1.54, 1.807) is 36.5 Å². The molecule has 0 bridgehead atoms. The molecule has 14 heteroatoms. The van der Waals surface area contributed by atoms with Gasteiger partial charge in [-0.15, -0.1) is 0 Å². The number of nitrogens with one attached hydrogen (secondary N) is 1. The number of benzene rings is 2. The van der Waals surface area contributed by atoms with E-state index in [4.69, 9.17) is 26.2 Å². The molecule has 0 radical (unpaired) electrons. The van der Waals surface area contributed by atoms with Crippen molar-refractivity contribution in [2.24, 2.45) is 0 Å². The van der Waals surface area contributed by atoms with Crippen LogP contribution < -0.4 is 14.8 Å². The van der Waals surface area contributed by atoms with Crippen LogP contribution in [0.15, 0.2) is 61.1 Å². The number of alkyl halides is 2. The number of hydrogen-bond acceptors (Lipinski definition) is 8. The van der Waals surface area contributed by atoms with Crippen molar-refractivity contribution in [2.75, 3.05) is 25.1 Å². The van der Waals surface area contributed by atoms with E-state index in [9.17, 15) is 17.6 Å². The Kier molecular flexibility index (Phi) is 8.98. The van der Waals surface area contributed by atoms with Crippen LogP contribution >= 0.6 is 11.6 Å². The summed E-state index contributed by atoms with van der Waals surface area (Å²) >= 11 is 6.27. The standard InChI is InChI=1S/C28H23ClF4N6O3/c29-19-12-34-7-6-22(19)36-27-24(41-9-3-8-40)13-35-28(37-27)26-17-4-1-2-5-23(17)39(38-26)14-18-20(30)10-16(11-21(18)31)42-15-25(32)33/h1-2,4-7,10-13,25,40H,3,8-9,14-15H2,(H,34,35,36,37). The van der Waals surface area contributed by atoms with Crippen molar-refractivity contribution in [3.05, 3.63) is 83.3 Å². The lowest BCUT2D eigenvalue weighted by Crippen LogP contribution is -2.10. The summed E-state index contributed by atoms with van der Waals surface area (Å²) in [4.78, 5) is 13.0. The molecule has 0 amide bonds. The SMILES string of the molecule is OCCCOc1cnc(-c2nn(Cc3c(F)cc(OCC(F)F)cc3F)c3ccccc23)nc1Nc1ccncc1Cl. The molecular formula is C28H23ClF4N6O3. The molecule has 2 N–H and O–H groups in total. The number of pyridine rings is 1. The molecule has 9 nitrogen and oxygen atoms in total. The number of anilines is 2. The number of aromatic nitrogens is 5. The summed E-state index contributed by atoms with van der Waals surface area (Å²) in [5.74, 6) is -1.54. The van der Waals surface area contributed by atoms with Gasteiger partial charge in [0.2, 0.25) is 0 Å². The minimum atomic E-state index is -2.79. The second-order valence-electron chi connectivity index (χ2n) is 8.90. The molecule has 0 aliphatic rings. The average molecular weight is 603 g/mol. The van der Waals surface area contributed by atoms with E-state index in [1.807, 2.05) is 0 Å². The fourth-order valence-corrected chi connectivity index (χ4v) is 4.23. The molecule has 3 aromatic heterocycles. The second-order valence-corrected chi connectivity index (χ2v) is 9.31. The zero-order valence-corrected chi connectivity index (χ0v) is 22.5. The van der Waals surface area contributed by atoms with Crippen LogP contribution in [0.25, 0.3) is 22.4 Å². The number of aliphatic hydroxyl groups excluding tert-OH is 1. The maximum absolute atomic E-state index is 14.9. The number of para-hydroxylation sites is 1. The molecule has 3 heterocycles. The topological polar surface area (TPSA) is 107 Å². The molecule has 0 aliphatic heterocycles. The number of ether oxygens (including phenoxy) is 2. The summed E-state index contributed by atoms with van der Waals surface area (Å²) in [6.07, 6.45) is 2.06. The maximum atomic E-state index is 14.9. The first kappa shape index (κ1) is 29.0. The van der Waals surface area contributed by atoms with Gasteiger partial charge in [0.05, 0.1) is 35.6 Å². The minimum absolute atomic E-state index is 0.0616. The Bertz CT molecular complexity index is 1680. The molecule has 0 saturated carbocycles. The van der Waals surface area contributed by atoms with Gasteiger partial charge in [-0.25, -0.2) is 27.5 Å². The number of nitrogens with zero attached hydrogens (tertiary/aromatic N) is 5.